The van der Waals surface area contributed by atoms with Gasteiger partial charge in [0.2, 0.25) is 0 Å². The van der Waals surface area contributed by atoms with Crippen molar-refractivity contribution in [3.05, 3.63) is 29.8 Å². The molecule has 0 fully saturated rings. The van der Waals surface area contributed by atoms with Gasteiger partial charge >= 0.3 is 0 Å². The van der Waals surface area contributed by atoms with E-state index in [4.69, 9.17) is 22.7 Å². The molecule has 3 N–H and O–H groups in total. The van der Waals surface area contributed by atoms with Gasteiger partial charge in [-0.05, 0) is 31.0 Å². The minimum absolute atomic E-state index is 0.0920. The number of hydrogen-bond donors (Lipinski definition) is 2. The second-order valence-electron chi connectivity index (χ2n) is 4.69. The highest BCUT2D eigenvalue weighted by Gasteiger charge is 2.13. The fourth-order valence-corrected chi connectivity index (χ4v) is 1.84. The first-order valence-corrected chi connectivity index (χ1v) is 7.25. The fourth-order valence-electron chi connectivity index (χ4n) is 1.68. The molecule has 5 heteroatoms. The van der Waals surface area contributed by atoms with Crippen LogP contribution in [0, 0.1) is 0 Å². The van der Waals surface area contributed by atoms with E-state index in [2.05, 4.69) is 12.2 Å². The van der Waals surface area contributed by atoms with E-state index in [1.165, 1.54) is 0 Å². The average molecular weight is 294 g/mol. The van der Waals surface area contributed by atoms with Crippen LogP contribution in [0.15, 0.2) is 24.3 Å². The van der Waals surface area contributed by atoms with E-state index in [0.717, 1.165) is 18.4 Å². The summed E-state index contributed by atoms with van der Waals surface area (Å²) in [6, 6.07) is 7.44. The Bertz CT molecular complexity index is 446. The van der Waals surface area contributed by atoms with E-state index in [9.17, 15) is 4.79 Å². The quantitative estimate of drug-likeness (QED) is 0.570. The van der Waals surface area contributed by atoms with Crippen molar-refractivity contribution in [1.29, 1.82) is 0 Å². The van der Waals surface area contributed by atoms with Crippen LogP contribution in [0.4, 0.5) is 0 Å². The molecule has 0 spiro atoms. The third-order valence-corrected chi connectivity index (χ3v) is 2.96. The molecular weight excluding hydrogens is 272 g/mol. The number of thiocarbonyl (C=S) groups is 1. The van der Waals surface area contributed by atoms with Crippen LogP contribution in [0.5, 0.6) is 5.75 Å². The predicted octanol–water partition coefficient (Wildman–Crippen LogP) is 2.20. The van der Waals surface area contributed by atoms with Gasteiger partial charge < -0.3 is 15.8 Å². The smallest absolute Gasteiger partial charge is 0.260 e. The fraction of sp³-hybridized carbons (Fsp3) is 0.467. The molecule has 0 aliphatic carbocycles. The molecule has 1 aromatic carbocycles. The molecule has 1 rings (SSSR count). The number of carbonyl (C=O) groups excluding carboxylic acids is 1. The summed E-state index contributed by atoms with van der Waals surface area (Å²) in [5.74, 6) is 0.570. The van der Waals surface area contributed by atoms with Gasteiger partial charge in [-0.15, -0.1) is 0 Å². The number of unbranched alkanes of at least 4 members (excludes halogenated alkanes) is 1. The zero-order chi connectivity index (χ0) is 15.0. The van der Waals surface area contributed by atoms with Crippen LogP contribution in [0.3, 0.4) is 0 Å². The van der Waals surface area contributed by atoms with Crippen LogP contribution in [-0.4, -0.2) is 23.5 Å². The van der Waals surface area contributed by atoms with Gasteiger partial charge in [0.05, 0.1) is 4.99 Å². The lowest BCUT2D eigenvalue weighted by atomic mass is 10.1. The van der Waals surface area contributed by atoms with Gasteiger partial charge in [0.25, 0.3) is 5.91 Å². The number of rotatable bonds is 8. The van der Waals surface area contributed by atoms with Crippen molar-refractivity contribution in [3.8, 4) is 5.75 Å². The monoisotopic (exact) mass is 294 g/mol. The minimum atomic E-state index is -0.506. The summed E-state index contributed by atoms with van der Waals surface area (Å²) in [5.41, 5.74) is 6.52. The minimum Gasteiger partial charge on any atom is -0.481 e. The number of ether oxygens (including phenoxy) is 1. The second-order valence-corrected chi connectivity index (χ2v) is 5.22. The summed E-state index contributed by atoms with van der Waals surface area (Å²) < 4.78 is 5.59. The van der Waals surface area contributed by atoms with Gasteiger partial charge in [-0.25, -0.2) is 0 Å². The first-order chi connectivity index (χ1) is 9.52. The number of hydrogen-bond acceptors (Lipinski definition) is 3. The summed E-state index contributed by atoms with van der Waals surface area (Å²) in [6.45, 7) is 4.51. The average Bonchev–Trinajstić information content (AvgIpc) is 2.40. The van der Waals surface area contributed by atoms with Crippen molar-refractivity contribution >= 4 is 23.1 Å². The van der Waals surface area contributed by atoms with Crippen LogP contribution in [0.1, 0.15) is 32.3 Å². The Morgan fingerprint density at radius 1 is 1.40 bits per heavy atom. The first kappa shape index (κ1) is 16.4. The van der Waals surface area contributed by atoms with E-state index in [1.54, 1.807) is 6.92 Å². The van der Waals surface area contributed by atoms with Crippen molar-refractivity contribution in [2.45, 2.75) is 39.2 Å². The van der Waals surface area contributed by atoms with Crippen molar-refractivity contribution in [3.63, 3.8) is 0 Å². The SMILES string of the molecule is CCCCNC(=O)C(C)Oc1ccc(CC(N)=S)cc1. The summed E-state index contributed by atoms with van der Waals surface area (Å²) in [7, 11) is 0. The van der Waals surface area contributed by atoms with E-state index in [0.29, 0.717) is 23.7 Å². The topological polar surface area (TPSA) is 64.3 Å². The molecule has 0 bridgehead atoms. The molecule has 1 unspecified atom stereocenters. The molecule has 1 atom stereocenters. The Balaban J connectivity index is 2.47. The largest absolute Gasteiger partial charge is 0.481 e. The maximum absolute atomic E-state index is 11.8. The highest BCUT2D eigenvalue weighted by Crippen LogP contribution is 2.14. The van der Waals surface area contributed by atoms with Crippen LogP contribution in [0.2, 0.25) is 0 Å². The van der Waals surface area contributed by atoms with Gasteiger partial charge in [0.15, 0.2) is 6.10 Å². The lowest BCUT2D eigenvalue weighted by Gasteiger charge is -2.14. The lowest BCUT2D eigenvalue weighted by Crippen LogP contribution is -2.36. The Kier molecular flexibility index (Phi) is 7.01. The van der Waals surface area contributed by atoms with Crippen LogP contribution in [-0.2, 0) is 11.2 Å². The molecule has 0 heterocycles. The molecule has 0 saturated carbocycles. The predicted molar refractivity (Wildman–Crippen MR) is 84.9 cm³/mol. The summed E-state index contributed by atoms with van der Waals surface area (Å²) >= 11 is 4.86. The maximum Gasteiger partial charge on any atom is 0.260 e. The van der Waals surface area contributed by atoms with Gasteiger partial charge in [0.1, 0.15) is 5.75 Å². The Labute approximate surface area is 125 Å². The van der Waals surface area contributed by atoms with Crippen LogP contribution >= 0.6 is 12.2 Å². The maximum atomic E-state index is 11.8. The van der Waals surface area contributed by atoms with E-state index >= 15 is 0 Å². The van der Waals surface area contributed by atoms with Crippen molar-refractivity contribution in [2.24, 2.45) is 5.73 Å². The molecular formula is C15H22N2O2S. The first-order valence-electron chi connectivity index (χ1n) is 6.84. The zero-order valence-corrected chi connectivity index (χ0v) is 12.8. The summed E-state index contributed by atoms with van der Waals surface area (Å²) in [6.07, 6.45) is 2.10. The highest BCUT2D eigenvalue weighted by atomic mass is 32.1. The molecule has 0 aromatic heterocycles. The van der Waals surface area contributed by atoms with Crippen molar-refractivity contribution in [1.82, 2.24) is 5.32 Å². The van der Waals surface area contributed by atoms with E-state index in [-0.39, 0.29) is 5.91 Å². The standard InChI is InChI=1S/C15H22N2O2S/c1-3-4-9-17-15(18)11(2)19-13-7-5-12(6-8-13)10-14(16)20/h5-8,11H,3-4,9-10H2,1-2H3,(H2,16,20)(H,17,18). The molecule has 0 aliphatic rings. The van der Waals surface area contributed by atoms with Crippen molar-refractivity contribution in [2.75, 3.05) is 6.54 Å². The second kappa shape index (κ2) is 8.53. The molecule has 0 radical (unpaired) electrons. The Hall–Kier alpha value is -1.62. The summed E-state index contributed by atoms with van der Waals surface area (Å²) in [5, 5.41) is 2.84. The molecule has 4 nitrogen and oxygen atoms in total. The molecule has 0 saturated heterocycles. The van der Waals surface area contributed by atoms with Gasteiger partial charge in [-0.1, -0.05) is 37.7 Å². The third kappa shape index (κ3) is 6.02. The highest BCUT2D eigenvalue weighted by molar-refractivity contribution is 7.80. The number of nitrogens with two attached hydrogens (primary N) is 1. The van der Waals surface area contributed by atoms with Crippen molar-refractivity contribution < 1.29 is 9.53 Å². The number of carbonyl (C=O) groups is 1. The number of amides is 1. The Morgan fingerprint density at radius 3 is 2.60 bits per heavy atom. The van der Waals surface area contributed by atoms with Crippen LogP contribution in [0.25, 0.3) is 0 Å². The molecule has 1 amide bonds. The molecule has 1 aromatic rings. The molecule has 110 valence electrons. The lowest BCUT2D eigenvalue weighted by molar-refractivity contribution is -0.127. The van der Waals surface area contributed by atoms with Gasteiger partial charge in [0, 0.05) is 13.0 Å². The van der Waals surface area contributed by atoms with Gasteiger partial charge in [-0.2, -0.15) is 0 Å². The molecule has 20 heavy (non-hydrogen) atoms. The Morgan fingerprint density at radius 2 is 2.05 bits per heavy atom. The number of benzene rings is 1. The zero-order valence-electron chi connectivity index (χ0n) is 12.0. The number of nitrogens with one attached hydrogen (secondary N) is 1. The van der Waals surface area contributed by atoms with Gasteiger partial charge in [-0.3, -0.25) is 4.79 Å². The third-order valence-electron chi connectivity index (χ3n) is 2.81. The summed E-state index contributed by atoms with van der Waals surface area (Å²) in [4.78, 5) is 12.2. The normalized spacial score (nSPS) is 11.7. The van der Waals surface area contributed by atoms with Crippen LogP contribution < -0.4 is 15.8 Å². The van der Waals surface area contributed by atoms with E-state index < -0.39 is 6.10 Å². The van der Waals surface area contributed by atoms with E-state index in [1.807, 2.05) is 24.3 Å². The molecule has 0 aliphatic heterocycles.